The number of benzene rings is 1. The van der Waals surface area contributed by atoms with E-state index in [1.165, 1.54) is 12.2 Å². The number of amides is 2. The number of carbonyl (C=O) groups is 2. The summed E-state index contributed by atoms with van der Waals surface area (Å²) in [5, 5.41) is 4.27. The molecule has 0 heterocycles. The average Bonchev–Trinajstić information content (AvgIpc) is 2.43. The molecule has 23 heavy (non-hydrogen) atoms. The molecule has 6 nitrogen and oxygen atoms in total. The molecule has 0 bridgehead atoms. The van der Waals surface area contributed by atoms with Crippen LogP contribution in [0.2, 0.25) is 5.02 Å². The lowest BCUT2D eigenvalue weighted by molar-refractivity contribution is -0.178. The van der Waals surface area contributed by atoms with Crippen LogP contribution < -0.4 is 5.32 Å². The second kappa shape index (κ2) is 8.17. The molecule has 1 aromatic carbocycles. The summed E-state index contributed by atoms with van der Waals surface area (Å²) in [6.07, 6.45) is -0.218. The third-order valence-electron chi connectivity index (χ3n) is 2.81. The van der Waals surface area contributed by atoms with Gasteiger partial charge in [0.25, 0.3) is 0 Å². The van der Waals surface area contributed by atoms with Crippen molar-refractivity contribution in [3.63, 3.8) is 0 Å². The number of halogens is 1. The number of hydrogen-bond donors (Lipinski definition) is 1. The third kappa shape index (κ3) is 6.46. The van der Waals surface area contributed by atoms with Crippen molar-refractivity contribution in [2.45, 2.75) is 46.3 Å². The van der Waals surface area contributed by atoms with Crippen molar-refractivity contribution < 1.29 is 19.2 Å². The van der Waals surface area contributed by atoms with Gasteiger partial charge >= 0.3 is 6.09 Å². The highest BCUT2D eigenvalue weighted by molar-refractivity contribution is 6.31. The normalized spacial score (nSPS) is 11.0. The van der Waals surface area contributed by atoms with E-state index >= 15 is 0 Å². The van der Waals surface area contributed by atoms with Crippen LogP contribution in [0.15, 0.2) is 18.2 Å². The van der Waals surface area contributed by atoms with Gasteiger partial charge in [-0.2, -0.15) is 0 Å². The summed E-state index contributed by atoms with van der Waals surface area (Å²) in [6, 6.07) is 5.02. The van der Waals surface area contributed by atoms with Gasteiger partial charge in [-0.3, -0.25) is 14.9 Å². The van der Waals surface area contributed by atoms with Crippen LogP contribution >= 0.6 is 11.6 Å². The molecule has 0 atom stereocenters. The van der Waals surface area contributed by atoms with Gasteiger partial charge in [-0.25, -0.2) is 9.86 Å². The van der Waals surface area contributed by atoms with Crippen LogP contribution in [0, 0.1) is 0 Å². The first-order chi connectivity index (χ1) is 10.7. The number of hydroxylamine groups is 2. The Morgan fingerprint density at radius 2 is 1.96 bits per heavy atom. The van der Waals surface area contributed by atoms with E-state index in [-0.39, 0.29) is 12.5 Å². The summed E-state index contributed by atoms with van der Waals surface area (Å²) < 4.78 is 5.17. The first-order valence-corrected chi connectivity index (χ1v) is 7.67. The minimum atomic E-state index is -0.576. The summed E-state index contributed by atoms with van der Waals surface area (Å²) in [6.45, 7) is 7.34. The number of nitrogens with one attached hydrogen (secondary N) is 1. The second-order valence-electron chi connectivity index (χ2n) is 5.90. The Hall–Kier alpha value is -1.79. The van der Waals surface area contributed by atoms with Gasteiger partial charge in [0.2, 0.25) is 5.91 Å². The molecule has 0 aromatic heterocycles. The molecule has 128 valence electrons. The van der Waals surface area contributed by atoms with Crippen molar-refractivity contribution in [2.24, 2.45) is 0 Å². The Bertz CT molecular complexity index is 570. The Morgan fingerprint density at radius 3 is 2.43 bits per heavy atom. The van der Waals surface area contributed by atoms with Crippen molar-refractivity contribution in [2.75, 3.05) is 12.4 Å². The number of carbonyl (C=O) groups excluding carboxylic acids is 2. The first kappa shape index (κ1) is 19.3. The summed E-state index contributed by atoms with van der Waals surface area (Å²) >= 11 is 6.21. The topological polar surface area (TPSA) is 67.9 Å². The quantitative estimate of drug-likeness (QED) is 0.821. The molecule has 0 aliphatic carbocycles. The average molecular weight is 343 g/mol. The minimum Gasteiger partial charge on any atom is -0.444 e. The van der Waals surface area contributed by atoms with E-state index in [1.54, 1.807) is 45.9 Å². The van der Waals surface area contributed by atoms with E-state index in [0.717, 1.165) is 0 Å². The molecule has 0 saturated heterocycles. The van der Waals surface area contributed by atoms with Gasteiger partial charge in [-0.1, -0.05) is 24.6 Å². The molecule has 0 radical (unpaired) electrons. The van der Waals surface area contributed by atoms with Gasteiger partial charge in [0.1, 0.15) is 5.60 Å². The Labute approximate surface area is 141 Å². The maximum atomic E-state index is 11.7. The lowest BCUT2D eigenvalue weighted by atomic mass is 10.2. The molecular formula is C16H23ClN2O4. The summed E-state index contributed by atoms with van der Waals surface area (Å²) in [7, 11) is 1.43. The molecule has 0 spiro atoms. The van der Waals surface area contributed by atoms with Crippen LogP contribution in [0.5, 0.6) is 0 Å². The predicted molar refractivity (Wildman–Crippen MR) is 89.2 cm³/mol. The fourth-order valence-electron chi connectivity index (χ4n) is 1.76. The van der Waals surface area contributed by atoms with Crippen LogP contribution in [0.4, 0.5) is 10.5 Å². The van der Waals surface area contributed by atoms with E-state index < -0.39 is 11.7 Å². The van der Waals surface area contributed by atoms with Crippen LogP contribution in [-0.4, -0.2) is 29.8 Å². The highest BCUT2D eigenvalue weighted by Gasteiger charge is 2.17. The smallest absolute Gasteiger partial charge is 0.412 e. The van der Waals surface area contributed by atoms with Crippen LogP contribution in [-0.2, 0) is 20.9 Å². The van der Waals surface area contributed by atoms with Crippen molar-refractivity contribution >= 4 is 29.3 Å². The van der Waals surface area contributed by atoms with E-state index in [0.29, 0.717) is 22.7 Å². The fraction of sp³-hybridized carbons (Fsp3) is 0.500. The Kier molecular flexibility index (Phi) is 6.84. The molecule has 0 unspecified atom stereocenters. The number of ether oxygens (including phenoxy) is 1. The van der Waals surface area contributed by atoms with Gasteiger partial charge in [0, 0.05) is 17.1 Å². The number of rotatable bonds is 5. The molecule has 1 N–H and O–H groups in total. The largest absolute Gasteiger partial charge is 0.444 e. The molecule has 1 aromatic rings. The molecule has 7 heteroatoms. The molecule has 0 fully saturated rings. The zero-order valence-corrected chi connectivity index (χ0v) is 14.9. The summed E-state index contributed by atoms with van der Waals surface area (Å²) in [5.41, 5.74) is 0.650. The molecule has 2 amide bonds. The van der Waals surface area contributed by atoms with E-state index in [4.69, 9.17) is 21.2 Å². The van der Waals surface area contributed by atoms with Crippen molar-refractivity contribution in [1.82, 2.24) is 5.06 Å². The predicted octanol–water partition coefficient (Wildman–Crippen LogP) is 3.99. The minimum absolute atomic E-state index is 0.139. The van der Waals surface area contributed by atoms with Crippen molar-refractivity contribution in [3.05, 3.63) is 28.8 Å². The highest BCUT2D eigenvalue weighted by Crippen LogP contribution is 2.23. The van der Waals surface area contributed by atoms with E-state index in [9.17, 15) is 9.59 Å². The summed E-state index contributed by atoms with van der Waals surface area (Å²) in [4.78, 5) is 28.5. The zero-order chi connectivity index (χ0) is 17.6. The van der Waals surface area contributed by atoms with Gasteiger partial charge in [-0.15, -0.1) is 0 Å². The molecular weight excluding hydrogens is 320 g/mol. The molecule has 0 aliphatic rings. The standard InChI is InChI=1S/C16H23ClN2O4/c1-6-14(20)19(22-5)10-11-7-8-12(9-13(11)17)18-15(21)23-16(2,3)4/h7-9H,6,10H2,1-5H3,(H,18,21). The Morgan fingerprint density at radius 1 is 1.30 bits per heavy atom. The van der Waals surface area contributed by atoms with Crippen LogP contribution in [0.1, 0.15) is 39.7 Å². The van der Waals surface area contributed by atoms with Gasteiger partial charge < -0.3 is 4.74 Å². The second-order valence-corrected chi connectivity index (χ2v) is 6.31. The van der Waals surface area contributed by atoms with Gasteiger partial charge in [0.05, 0.1) is 13.7 Å². The maximum Gasteiger partial charge on any atom is 0.412 e. The summed E-state index contributed by atoms with van der Waals surface area (Å²) in [5.74, 6) is -0.139. The van der Waals surface area contributed by atoms with E-state index in [2.05, 4.69) is 5.32 Å². The lowest BCUT2D eigenvalue weighted by Crippen LogP contribution is -2.29. The van der Waals surface area contributed by atoms with Crippen LogP contribution in [0.3, 0.4) is 0 Å². The molecule has 1 rings (SSSR count). The number of hydrogen-bond acceptors (Lipinski definition) is 4. The van der Waals surface area contributed by atoms with Crippen molar-refractivity contribution in [3.8, 4) is 0 Å². The number of nitrogens with zero attached hydrogens (tertiary/aromatic N) is 1. The van der Waals surface area contributed by atoms with E-state index in [1.807, 2.05) is 0 Å². The number of anilines is 1. The first-order valence-electron chi connectivity index (χ1n) is 7.29. The van der Waals surface area contributed by atoms with Crippen LogP contribution in [0.25, 0.3) is 0 Å². The molecule has 0 saturated carbocycles. The maximum absolute atomic E-state index is 11.7. The third-order valence-corrected chi connectivity index (χ3v) is 3.17. The lowest BCUT2D eigenvalue weighted by Gasteiger charge is -2.21. The Balaban J connectivity index is 2.78. The monoisotopic (exact) mass is 342 g/mol. The molecule has 0 aliphatic heterocycles. The van der Waals surface area contributed by atoms with Crippen molar-refractivity contribution in [1.29, 1.82) is 0 Å². The fourth-order valence-corrected chi connectivity index (χ4v) is 2.00. The van der Waals surface area contributed by atoms with Gasteiger partial charge in [0.15, 0.2) is 0 Å². The zero-order valence-electron chi connectivity index (χ0n) is 14.1. The highest BCUT2D eigenvalue weighted by atomic mass is 35.5. The SMILES string of the molecule is CCC(=O)N(Cc1ccc(NC(=O)OC(C)(C)C)cc1Cl)OC. The van der Waals surface area contributed by atoms with Gasteiger partial charge in [-0.05, 0) is 38.5 Å².